The van der Waals surface area contributed by atoms with E-state index in [2.05, 4.69) is 16.8 Å². The molecule has 0 aromatic rings. The Kier molecular flexibility index (Phi) is 9.88. The summed E-state index contributed by atoms with van der Waals surface area (Å²) in [5.41, 5.74) is -0.425. The van der Waals surface area contributed by atoms with E-state index in [-0.39, 0.29) is 6.09 Å². The van der Waals surface area contributed by atoms with Crippen LogP contribution in [0.15, 0.2) is 12.8 Å². The number of ether oxygens (including phenoxy) is 1. The molecule has 0 fully saturated rings. The number of nitrogens with zero attached hydrogens (tertiary/aromatic N) is 2. The highest BCUT2D eigenvalue weighted by molar-refractivity contribution is 5.67. The molecule has 0 heterocycles. The van der Waals surface area contributed by atoms with Gasteiger partial charge in [0.2, 0.25) is 0 Å². The first-order valence-electron chi connectivity index (χ1n) is 7.74. The highest BCUT2D eigenvalue weighted by atomic mass is 16.6. The Bertz CT molecular complexity index is 300. The summed E-state index contributed by atoms with van der Waals surface area (Å²) in [5.74, 6) is 0. The molecule has 0 atom stereocenters. The zero-order chi connectivity index (χ0) is 16.3. The molecule has 0 spiro atoms. The van der Waals surface area contributed by atoms with Gasteiger partial charge in [0.25, 0.3) is 0 Å². The molecule has 21 heavy (non-hydrogen) atoms. The summed E-state index contributed by atoms with van der Waals surface area (Å²) in [7, 11) is 3.81. The van der Waals surface area contributed by atoms with Crippen LogP contribution in [0.3, 0.4) is 0 Å². The molecule has 0 aliphatic heterocycles. The molecule has 5 nitrogen and oxygen atoms in total. The van der Waals surface area contributed by atoms with Crippen molar-refractivity contribution >= 4 is 6.09 Å². The fourth-order valence-electron chi connectivity index (χ4n) is 1.70. The molecule has 1 N–H and O–H groups in total. The Morgan fingerprint density at radius 2 is 1.76 bits per heavy atom. The first kappa shape index (κ1) is 19.8. The van der Waals surface area contributed by atoms with Crippen LogP contribution in [-0.4, -0.2) is 61.8 Å². The minimum atomic E-state index is -0.425. The monoisotopic (exact) mass is 299 g/mol. The predicted octanol–water partition coefficient (Wildman–Crippen LogP) is 2.69. The molecular formula is C16H33N3O2. The Labute approximate surface area is 130 Å². The molecule has 0 aliphatic carbocycles. The van der Waals surface area contributed by atoms with Crippen LogP contribution in [0.1, 0.15) is 40.0 Å². The first-order chi connectivity index (χ1) is 9.76. The molecule has 0 saturated carbocycles. The van der Waals surface area contributed by atoms with Gasteiger partial charge < -0.3 is 19.9 Å². The fourth-order valence-corrected chi connectivity index (χ4v) is 1.70. The largest absolute Gasteiger partial charge is 0.444 e. The normalized spacial score (nSPS) is 11.1. The Morgan fingerprint density at radius 3 is 2.33 bits per heavy atom. The van der Waals surface area contributed by atoms with Gasteiger partial charge in [-0.1, -0.05) is 6.58 Å². The Balaban J connectivity index is 3.50. The van der Waals surface area contributed by atoms with Gasteiger partial charge in [0.05, 0.1) is 0 Å². The van der Waals surface area contributed by atoms with Crippen LogP contribution in [0, 0.1) is 0 Å². The summed E-state index contributed by atoms with van der Waals surface area (Å²) in [6.45, 7) is 13.1. The van der Waals surface area contributed by atoms with Gasteiger partial charge >= 0.3 is 6.09 Å². The van der Waals surface area contributed by atoms with Crippen molar-refractivity contribution in [3.8, 4) is 0 Å². The van der Waals surface area contributed by atoms with Gasteiger partial charge in [0, 0.05) is 27.2 Å². The van der Waals surface area contributed by atoms with Crippen LogP contribution < -0.4 is 5.32 Å². The van der Waals surface area contributed by atoms with Crippen molar-refractivity contribution in [2.45, 2.75) is 45.6 Å². The second-order valence-electron chi connectivity index (χ2n) is 6.38. The molecule has 5 heteroatoms. The second kappa shape index (κ2) is 10.5. The van der Waals surface area contributed by atoms with Crippen molar-refractivity contribution < 1.29 is 9.53 Å². The van der Waals surface area contributed by atoms with Gasteiger partial charge in [-0.25, -0.2) is 4.79 Å². The van der Waals surface area contributed by atoms with E-state index in [0.29, 0.717) is 0 Å². The van der Waals surface area contributed by atoms with E-state index >= 15 is 0 Å². The van der Waals surface area contributed by atoms with Gasteiger partial charge in [-0.15, -0.1) is 0 Å². The molecule has 124 valence electrons. The summed E-state index contributed by atoms with van der Waals surface area (Å²) in [4.78, 5) is 15.5. The zero-order valence-corrected chi connectivity index (χ0v) is 14.4. The molecule has 0 radical (unpaired) electrons. The topological polar surface area (TPSA) is 44.8 Å². The van der Waals surface area contributed by atoms with Crippen LogP contribution in [0.5, 0.6) is 0 Å². The van der Waals surface area contributed by atoms with E-state index in [9.17, 15) is 4.79 Å². The van der Waals surface area contributed by atoms with Gasteiger partial charge in [0.1, 0.15) is 5.60 Å². The number of hydrogen-bond donors (Lipinski definition) is 1. The predicted molar refractivity (Wildman–Crippen MR) is 88.4 cm³/mol. The maximum atomic E-state index is 11.7. The van der Waals surface area contributed by atoms with Gasteiger partial charge in [-0.3, -0.25) is 0 Å². The minimum Gasteiger partial charge on any atom is -0.444 e. The summed E-state index contributed by atoms with van der Waals surface area (Å²) in [5, 5.41) is 3.41. The van der Waals surface area contributed by atoms with Crippen molar-refractivity contribution in [2.75, 3.05) is 40.3 Å². The number of unbranched alkanes of at least 4 members (excludes halogenated alkanes) is 1. The fraction of sp³-hybridized carbons (Fsp3) is 0.812. The maximum Gasteiger partial charge on any atom is 0.410 e. The van der Waals surface area contributed by atoms with Crippen LogP contribution in [-0.2, 0) is 4.74 Å². The number of amides is 1. The number of carbonyl (C=O) groups excluding carboxylic acids is 1. The highest BCUT2D eigenvalue weighted by Gasteiger charge is 2.18. The maximum absolute atomic E-state index is 11.7. The Morgan fingerprint density at radius 1 is 1.14 bits per heavy atom. The molecule has 0 aromatic carbocycles. The zero-order valence-electron chi connectivity index (χ0n) is 14.4. The molecule has 0 unspecified atom stereocenters. The molecular weight excluding hydrogens is 266 g/mol. The standard InChI is InChI=1S/C16H33N3O2/c1-7-18(5)13-10-12-17-11-8-9-14-19(6)15(20)21-16(2,3)4/h7,17H,1,8-14H2,2-6H3. The van der Waals surface area contributed by atoms with Crippen molar-refractivity contribution in [3.63, 3.8) is 0 Å². The van der Waals surface area contributed by atoms with Crippen LogP contribution >= 0.6 is 0 Å². The summed E-state index contributed by atoms with van der Waals surface area (Å²) in [6.07, 6.45) is 4.75. The number of rotatable bonds is 10. The number of hydrogen-bond acceptors (Lipinski definition) is 4. The lowest BCUT2D eigenvalue weighted by molar-refractivity contribution is 0.0296. The number of carbonyl (C=O) groups is 1. The van der Waals surface area contributed by atoms with E-state index in [1.54, 1.807) is 11.9 Å². The van der Waals surface area contributed by atoms with Gasteiger partial charge in [-0.05, 0) is 59.3 Å². The van der Waals surface area contributed by atoms with Gasteiger partial charge in [-0.2, -0.15) is 0 Å². The summed E-state index contributed by atoms with van der Waals surface area (Å²) >= 11 is 0. The molecule has 0 rings (SSSR count). The molecule has 0 bridgehead atoms. The second-order valence-corrected chi connectivity index (χ2v) is 6.38. The van der Waals surface area contributed by atoms with Gasteiger partial charge in [0.15, 0.2) is 0 Å². The van der Waals surface area contributed by atoms with E-state index in [1.165, 1.54) is 0 Å². The molecule has 0 aromatic heterocycles. The van der Waals surface area contributed by atoms with Crippen molar-refractivity contribution in [1.82, 2.24) is 15.1 Å². The van der Waals surface area contributed by atoms with Crippen LogP contribution in [0.25, 0.3) is 0 Å². The van der Waals surface area contributed by atoms with Crippen LogP contribution in [0.2, 0.25) is 0 Å². The lowest BCUT2D eigenvalue weighted by Crippen LogP contribution is -2.35. The third-order valence-electron chi connectivity index (χ3n) is 2.98. The molecule has 0 aliphatic rings. The Hall–Kier alpha value is -1.23. The third-order valence-corrected chi connectivity index (χ3v) is 2.98. The number of nitrogens with one attached hydrogen (secondary N) is 1. The van der Waals surface area contributed by atoms with E-state index < -0.39 is 5.60 Å². The molecule has 0 saturated heterocycles. The molecule has 1 amide bonds. The van der Waals surface area contributed by atoms with Crippen molar-refractivity contribution in [1.29, 1.82) is 0 Å². The summed E-state index contributed by atoms with van der Waals surface area (Å²) in [6, 6.07) is 0. The average molecular weight is 299 g/mol. The van der Waals surface area contributed by atoms with Crippen molar-refractivity contribution in [2.24, 2.45) is 0 Å². The first-order valence-corrected chi connectivity index (χ1v) is 7.74. The summed E-state index contributed by atoms with van der Waals surface area (Å²) < 4.78 is 5.30. The van der Waals surface area contributed by atoms with E-state index in [1.807, 2.05) is 34.0 Å². The SMILES string of the molecule is C=CN(C)CCCNCCCCN(C)C(=O)OC(C)(C)C. The van der Waals surface area contributed by atoms with Crippen LogP contribution in [0.4, 0.5) is 4.79 Å². The average Bonchev–Trinajstić information content (AvgIpc) is 2.39. The quantitative estimate of drug-likeness (QED) is 0.630. The lowest BCUT2D eigenvalue weighted by Gasteiger charge is -2.24. The smallest absolute Gasteiger partial charge is 0.410 e. The lowest BCUT2D eigenvalue weighted by atomic mass is 10.2. The van der Waals surface area contributed by atoms with E-state index in [4.69, 9.17) is 4.74 Å². The third kappa shape index (κ3) is 12.2. The minimum absolute atomic E-state index is 0.247. The van der Waals surface area contributed by atoms with E-state index in [0.717, 1.165) is 45.4 Å². The highest BCUT2D eigenvalue weighted by Crippen LogP contribution is 2.09. The van der Waals surface area contributed by atoms with Crippen molar-refractivity contribution in [3.05, 3.63) is 12.8 Å².